The Kier molecular flexibility index (Phi) is 3.30. The van der Waals surface area contributed by atoms with Gasteiger partial charge in [-0.2, -0.15) is 0 Å². The highest BCUT2D eigenvalue weighted by Gasteiger charge is 2.57. The van der Waals surface area contributed by atoms with Crippen LogP contribution in [0, 0.1) is 10.8 Å². The maximum atomic E-state index is 3.73. The molecule has 2 fully saturated rings. The van der Waals surface area contributed by atoms with Crippen molar-refractivity contribution in [2.45, 2.75) is 77.7 Å². The van der Waals surface area contributed by atoms with Crippen LogP contribution in [0.25, 0.3) is 0 Å². The summed E-state index contributed by atoms with van der Waals surface area (Å²) in [4.78, 5) is 0. The Hall–Kier alpha value is -0.300. The minimum atomic E-state index is 0.561. The molecule has 0 aromatic heterocycles. The first-order chi connectivity index (χ1) is 8.64. The minimum absolute atomic E-state index is 0.561. The van der Waals surface area contributed by atoms with Crippen molar-refractivity contribution in [1.29, 1.82) is 0 Å². The van der Waals surface area contributed by atoms with Crippen LogP contribution in [0.5, 0.6) is 0 Å². The summed E-state index contributed by atoms with van der Waals surface area (Å²) in [7, 11) is 0. The maximum Gasteiger partial charge on any atom is 0.00480 e. The molecule has 0 amide bonds. The van der Waals surface area contributed by atoms with Gasteiger partial charge in [0.25, 0.3) is 0 Å². The van der Waals surface area contributed by atoms with Gasteiger partial charge >= 0.3 is 0 Å². The van der Waals surface area contributed by atoms with Crippen LogP contribution in [0.1, 0.15) is 71.6 Å². The lowest BCUT2D eigenvalue weighted by atomic mass is 9.43. The summed E-state index contributed by atoms with van der Waals surface area (Å²) in [6, 6.07) is 0.629. The van der Waals surface area contributed by atoms with Crippen molar-refractivity contribution in [3.63, 3.8) is 0 Å². The molecular weight excluding hydrogens is 218 g/mol. The number of hydrogen-bond donors (Lipinski definition) is 1. The third-order valence-corrected chi connectivity index (χ3v) is 5.66. The van der Waals surface area contributed by atoms with E-state index in [2.05, 4.69) is 25.2 Å². The van der Waals surface area contributed by atoms with Gasteiger partial charge in [-0.05, 0) is 56.8 Å². The predicted molar refractivity (Wildman–Crippen MR) is 77.6 cm³/mol. The smallest absolute Gasteiger partial charge is 0.00480 e. The Bertz CT molecular complexity index is 328. The maximum absolute atomic E-state index is 3.73. The van der Waals surface area contributed by atoms with Gasteiger partial charge in [0.1, 0.15) is 0 Å². The first-order valence-corrected chi connectivity index (χ1v) is 8.07. The van der Waals surface area contributed by atoms with E-state index < -0.39 is 0 Å². The molecule has 18 heavy (non-hydrogen) atoms. The van der Waals surface area contributed by atoms with Crippen LogP contribution in [0.3, 0.4) is 0 Å². The first-order valence-electron chi connectivity index (χ1n) is 8.07. The number of nitrogens with one attached hydrogen (secondary N) is 1. The molecule has 0 aromatic carbocycles. The summed E-state index contributed by atoms with van der Waals surface area (Å²) in [5, 5.41) is 3.73. The third kappa shape index (κ3) is 2.15. The SMILES string of the molecule is CC(C)NCC1(C2=CCCCC2)CC2(CCC2)C1. The molecule has 0 aliphatic heterocycles. The molecule has 1 heteroatoms. The zero-order valence-corrected chi connectivity index (χ0v) is 12.2. The van der Waals surface area contributed by atoms with Crippen LogP contribution >= 0.6 is 0 Å². The predicted octanol–water partition coefficient (Wildman–Crippen LogP) is 4.44. The third-order valence-electron chi connectivity index (χ3n) is 5.66. The molecule has 0 heterocycles. The molecule has 0 bridgehead atoms. The summed E-state index contributed by atoms with van der Waals surface area (Å²) in [6.45, 7) is 5.79. The van der Waals surface area contributed by atoms with Gasteiger partial charge in [-0.3, -0.25) is 0 Å². The lowest BCUT2D eigenvalue weighted by molar-refractivity contribution is -0.0765. The summed E-state index contributed by atoms with van der Waals surface area (Å²) in [5.41, 5.74) is 3.17. The van der Waals surface area contributed by atoms with Gasteiger partial charge in [0.2, 0.25) is 0 Å². The van der Waals surface area contributed by atoms with Gasteiger partial charge in [0.15, 0.2) is 0 Å². The topological polar surface area (TPSA) is 12.0 Å². The molecule has 0 radical (unpaired) electrons. The second kappa shape index (κ2) is 4.67. The minimum Gasteiger partial charge on any atom is -0.314 e. The highest BCUT2D eigenvalue weighted by atomic mass is 14.9. The summed E-state index contributed by atoms with van der Waals surface area (Å²) in [6.07, 6.45) is 15.7. The van der Waals surface area contributed by atoms with Crippen molar-refractivity contribution in [3.05, 3.63) is 11.6 Å². The number of rotatable bonds is 4. The fourth-order valence-electron chi connectivity index (χ4n) is 4.60. The van der Waals surface area contributed by atoms with E-state index in [-0.39, 0.29) is 0 Å². The lowest BCUT2D eigenvalue weighted by Gasteiger charge is -2.63. The van der Waals surface area contributed by atoms with Crippen molar-refractivity contribution < 1.29 is 0 Å². The molecule has 3 aliphatic carbocycles. The fraction of sp³-hybridized carbons (Fsp3) is 0.882. The summed E-state index contributed by atoms with van der Waals surface area (Å²) < 4.78 is 0. The van der Waals surface area contributed by atoms with Crippen molar-refractivity contribution in [3.8, 4) is 0 Å². The molecule has 1 spiro atoms. The van der Waals surface area contributed by atoms with Gasteiger partial charge in [-0.25, -0.2) is 0 Å². The van der Waals surface area contributed by atoms with E-state index in [9.17, 15) is 0 Å². The molecule has 1 nitrogen and oxygen atoms in total. The van der Waals surface area contributed by atoms with E-state index in [4.69, 9.17) is 0 Å². The lowest BCUT2D eigenvalue weighted by Crippen LogP contribution is -2.56. The van der Waals surface area contributed by atoms with Gasteiger partial charge < -0.3 is 5.32 Å². The van der Waals surface area contributed by atoms with Crippen molar-refractivity contribution >= 4 is 0 Å². The van der Waals surface area contributed by atoms with Crippen LogP contribution in [0.4, 0.5) is 0 Å². The Balaban J connectivity index is 1.70. The molecular formula is C17H29N. The van der Waals surface area contributed by atoms with E-state index in [1.54, 1.807) is 0 Å². The average Bonchev–Trinajstić information content (AvgIpc) is 2.27. The Labute approximate surface area is 112 Å². The van der Waals surface area contributed by atoms with E-state index in [1.807, 2.05) is 5.57 Å². The zero-order valence-electron chi connectivity index (χ0n) is 12.2. The Morgan fingerprint density at radius 3 is 2.44 bits per heavy atom. The van der Waals surface area contributed by atoms with Crippen molar-refractivity contribution in [2.75, 3.05) is 6.54 Å². The Morgan fingerprint density at radius 1 is 1.17 bits per heavy atom. The highest BCUT2D eigenvalue weighted by Crippen LogP contribution is 2.67. The van der Waals surface area contributed by atoms with Crippen LogP contribution < -0.4 is 5.32 Å². The molecule has 2 saturated carbocycles. The van der Waals surface area contributed by atoms with Crippen molar-refractivity contribution in [2.24, 2.45) is 10.8 Å². The largest absolute Gasteiger partial charge is 0.314 e. The van der Waals surface area contributed by atoms with Crippen LogP contribution in [-0.2, 0) is 0 Å². The molecule has 102 valence electrons. The monoisotopic (exact) mass is 247 g/mol. The van der Waals surface area contributed by atoms with Gasteiger partial charge in [0, 0.05) is 18.0 Å². The molecule has 1 N–H and O–H groups in total. The van der Waals surface area contributed by atoms with Gasteiger partial charge in [-0.1, -0.05) is 31.9 Å². The second-order valence-corrected chi connectivity index (χ2v) is 7.50. The molecule has 0 saturated heterocycles. The van der Waals surface area contributed by atoms with E-state index in [0.717, 1.165) is 5.41 Å². The molecule has 0 atom stereocenters. The van der Waals surface area contributed by atoms with Gasteiger partial charge in [-0.15, -0.1) is 0 Å². The average molecular weight is 247 g/mol. The van der Waals surface area contributed by atoms with Gasteiger partial charge in [0.05, 0.1) is 0 Å². The Morgan fingerprint density at radius 2 is 1.94 bits per heavy atom. The van der Waals surface area contributed by atoms with Crippen LogP contribution in [-0.4, -0.2) is 12.6 Å². The van der Waals surface area contributed by atoms with Crippen LogP contribution in [0.2, 0.25) is 0 Å². The normalized spacial score (nSPS) is 28.7. The molecule has 3 rings (SSSR count). The highest BCUT2D eigenvalue weighted by molar-refractivity contribution is 5.26. The molecule has 3 aliphatic rings. The summed E-state index contributed by atoms with van der Waals surface area (Å²) >= 11 is 0. The van der Waals surface area contributed by atoms with E-state index in [1.165, 1.54) is 64.3 Å². The second-order valence-electron chi connectivity index (χ2n) is 7.50. The van der Waals surface area contributed by atoms with E-state index >= 15 is 0 Å². The van der Waals surface area contributed by atoms with Crippen LogP contribution in [0.15, 0.2) is 11.6 Å². The molecule has 0 aromatic rings. The quantitative estimate of drug-likeness (QED) is 0.724. The zero-order chi connectivity index (χ0) is 12.6. The fourth-order valence-corrected chi connectivity index (χ4v) is 4.60. The summed E-state index contributed by atoms with van der Waals surface area (Å²) in [5.74, 6) is 0. The molecule has 0 unspecified atom stereocenters. The van der Waals surface area contributed by atoms with Crippen molar-refractivity contribution in [1.82, 2.24) is 5.32 Å². The number of hydrogen-bond acceptors (Lipinski definition) is 1. The standard InChI is InChI=1S/C17H29N/c1-14(2)18-13-17(15-7-4-3-5-8-15)11-16(12-17)9-6-10-16/h7,14,18H,3-6,8-13H2,1-2H3. The van der Waals surface area contributed by atoms with E-state index in [0.29, 0.717) is 11.5 Å². The first kappa shape index (κ1) is 12.7. The number of allylic oxidation sites excluding steroid dienone is 1.